The number of nitrogens with zero attached hydrogens (tertiary/aromatic N) is 2. The van der Waals surface area contributed by atoms with Crippen LogP contribution in [0.2, 0.25) is 0 Å². The maximum Gasteiger partial charge on any atom is 0.145 e. The molecule has 4 nitrogen and oxygen atoms in total. The highest BCUT2D eigenvalue weighted by Crippen LogP contribution is 2.38. The third-order valence-corrected chi connectivity index (χ3v) is 7.46. The van der Waals surface area contributed by atoms with Crippen LogP contribution in [0.1, 0.15) is 79.8 Å². The second kappa shape index (κ2) is 8.78. The van der Waals surface area contributed by atoms with Gasteiger partial charge in [-0.1, -0.05) is 26.8 Å². The maximum absolute atomic E-state index is 12.3. The molecule has 3 rings (SSSR count). The van der Waals surface area contributed by atoms with Crippen LogP contribution in [0.4, 0.5) is 0 Å². The molecule has 1 aromatic carbocycles. The minimum atomic E-state index is -1.29. The number of hydrogen-bond acceptors (Lipinski definition) is 3. The Balaban J connectivity index is 1.70. The van der Waals surface area contributed by atoms with Crippen molar-refractivity contribution in [3.8, 4) is 5.75 Å². The lowest BCUT2D eigenvalue weighted by molar-refractivity contribution is 0.0883. The quantitative estimate of drug-likeness (QED) is 0.523. The number of benzene rings is 1. The summed E-state index contributed by atoms with van der Waals surface area (Å²) in [6.45, 7) is 14.7. The van der Waals surface area contributed by atoms with Crippen molar-refractivity contribution >= 4 is 27.6 Å². The van der Waals surface area contributed by atoms with Gasteiger partial charge in [-0.05, 0) is 89.0 Å². The van der Waals surface area contributed by atoms with E-state index in [1.54, 1.807) is 0 Å². The molecule has 0 N–H and O–H groups in total. The Kier molecular flexibility index (Phi) is 6.71. The molecule has 0 bridgehead atoms. The Morgan fingerprint density at radius 2 is 1.70 bits per heavy atom. The van der Waals surface area contributed by atoms with Crippen LogP contribution in [0.3, 0.4) is 0 Å². The van der Waals surface area contributed by atoms with E-state index in [2.05, 4.69) is 31.2 Å². The van der Waals surface area contributed by atoms with Crippen LogP contribution in [-0.2, 0) is 11.0 Å². The molecular weight excluding hydrogens is 392 g/mol. The summed E-state index contributed by atoms with van der Waals surface area (Å²) < 4.78 is 22.6. The van der Waals surface area contributed by atoms with Crippen LogP contribution in [-0.4, -0.2) is 25.8 Å². The van der Waals surface area contributed by atoms with Crippen LogP contribution < -0.4 is 4.74 Å². The Bertz CT molecular complexity index is 946. The molecule has 1 aliphatic rings. The van der Waals surface area contributed by atoms with E-state index in [-0.39, 0.29) is 4.75 Å². The normalized spacial score (nSPS) is 22.2. The molecule has 0 radical (unpaired) electrons. The van der Waals surface area contributed by atoms with Gasteiger partial charge in [0.15, 0.2) is 0 Å². The first-order valence-corrected chi connectivity index (χ1v) is 12.1. The van der Waals surface area contributed by atoms with E-state index in [0.717, 1.165) is 41.1 Å². The highest BCUT2D eigenvalue weighted by atomic mass is 32.2. The lowest BCUT2D eigenvalue weighted by Crippen LogP contribution is -2.30. The van der Waals surface area contributed by atoms with Gasteiger partial charge in [0, 0.05) is 5.39 Å². The smallest absolute Gasteiger partial charge is 0.145 e. The van der Waals surface area contributed by atoms with E-state index in [1.165, 1.54) is 12.8 Å². The average Bonchev–Trinajstić information content (AvgIpc) is 2.66. The maximum atomic E-state index is 12.3. The lowest BCUT2D eigenvalue weighted by atomic mass is 9.72. The van der Waals surface area contributed by atoms with Gasteiger partial charge >= 0.3 is 0 Å². The number of ether oxygens (including phenoxy) is 1. The predicted octanol–water partition coefficient (Wildman–Crippen LogP) is 6.49. The van der Waals surface area contributed by atoms with Crippen LogP contribution in [0, 0.1) is 11.3 Å². The van der Waals surface area contributed by atoms with E-state index in [1.807, 2.05) is 52.0 Å². The second-order valence-electron chi connectivity index (χ2n) is 10.5. The molecule has 0 saturated heterocycles. The van der Waals surface area contributed by atoms with E-state index >= 15 is 0 Å². The first-order chi connectivity index (χ1) is 13.9. The van der Waals surface area contributed by atoms with Crippen molar-refractivity contribution in [2.75, 3.05) is 0 Å². The Hall–Kier alpha value is -1.75. The lowest BCUT2D eigenvalue weighted by Gasteiger charge is -2.36. The summed E-state index contributed by atoms with van der Waals surface area (Å²) in [5.41, 5.74) is 2.74. The molecule has 1 unspecified atom stereocenters. The van der Waals surface area contributed by atoms with E-state index < -0.39 is 11.0 Å². The van der Waals surface area contributed by atoms with Crippen molar-refractivity contribution < 1.29 is 8.95 Å². The third-order valence-electron chi connectivity index (χ3n) is 5.98. The number of rotatable bonds is 4. The average molecular weight is 429 g/mol. The van der Waals surface area contributed by atoms with E-state index in [9.17, 15) is 4.21 Å². The van der Waals surface area contributed by atoms with Gasteiger partial charge in [-0.25, -0.2) is 9.19 Å². The van der Waals surface area contributed by atoms with Crippen LogP contribution in [0.15, 0.2) is 34.7 Å². The number of fused-ring (bicyclic) bond motifs is 1. The van der Waals surface area contributed by atoms with Crippen molar-refractivity contribution in [1.29, 1.82) is 0 Å². The molecule has 164 valence electrons. The molecule has 1 saturated carbocycles. The molecule has 1 atom stereocenters. The fourth-order valence-electron chi connectivity index (χ4n) is 3.93. The number of pyridine rings is 1. The Morgan fingerprint density at radius 3 is 2.30 bits per heavy atom. The molecule has 30 heavy (non-hydrogen) atoms. The van der Waals surface area contributed by atoms with Gasteiger partial charge in [-0.15, -0.1) is 0 Å². The monoisotopic (exact) mass is 428 g/mol. The highest BCUT2D eigenvalue weighted by molar-refractivity contribution is 7.85. The molecular formula is C25H36N2O2S. The van der Waals surface area contributed by atoms with Crippen molar-refractivity contribution in [3.05, 3.63) is 36.0 Å². The highest BCUT2D eigenvalue weighted by Gasteiger charge is 2.30. The zero-order valence-corrected chi connectivity index (χ0v) is 20.3. The first kappa shape index (κ1) is 22.9. The van der Waals surface area contributed by atoms with Gasteiger partial charge < -0.3 is 4.74 Å². The Morgan fingerprint density at radius 1 is 1.03 bits per heavy atom. The third kappa shape index (κ3) is 5.69. The van der Waals surface area contributed by atoms with Crippen LogP contribution in [0.25, 0.3) is 10.9 Å². The van der Waals surface area contributed by atoms with Gasteiger partial charge in [0.1, 0.15) is 16.7 Å². The largest absolute Gasteiger partial charge is 0.490 e. The second-order valence-corrected chi connectivity index (χ2v) is 12.5. The van der Waals surface area contributed by atoms with Crippen molar-refractivity contribution in [2.24, 2.45) is 15.7 Å². The summed E-state index contributed by atoms with van der Waals surface area (Å²) >= 11 is 0. The summed E-state index contributed by atoms with van der Waals surface area (Å²) in [6.07, 6.45) is 5.02. The molecule has 0 amide bonds. The SMILES string of the molecule is CC(=NS(=O)C(C)(C)C)c1ccc2cc(OC3CCC(C(C)(C)C)CC3)ccc2n1. The molecule has 1 heterocycles. The summed E-state index contributed by atoms with van der Waals surface area (Å²) in [6, 6.07) is 10.1. The van der Waals surface area contributed by atoms with Gasteiger partial charge in [-0.3, -0.25) is 0 Å². The van der Waals surface area contributed by atoms with Gasteiger partial charge in [-0.2, -0.15) is 4.40 Å². The van der Waals surface area contributed by atoms with E-state index in [4.69, 9.17) is 9.72 Å². The standard InChI is InChI=1S/C25H36N2O2S/c1-17(27-30(28)25(5,6)7)22-14-8-18-16-21(13-15-23(18)26-22)29-20-11-9-19(10-12-20)24(2,3)4/h8,13-16,19-20H,9-12H2,1-7H3. The molecule has 2 aromatic rings. The molecule has 0 aliphatic heterocycles. The topological polar surface area (TPSA) is 51.5 Å². The summed E-state index contributed by atoms with van der Waals surface area (Å²) in [4.78, 5) is 4.71. The van der Waals surface area contributed by atoms with Crippen molar-refractivity contribution in [2.45, 2.75) is 85.0 Å². The zero-order valence-electron chi connectivity index (χ0n) is 19.5. The summed E-state index contributed by atoms with van der Waals surface area (Å²) in [5.74, 6) is 1.70. The molecule has 1 aliphatic carbocycles. The van der Waals surface area contributed by atoms with E-state index in [0.29, 0.717) is 17.2 Å². The van der Waals surface area contributed by atoms with Crippen LogP contribution in [0.5, 0.6) is 5.75 Å². The van der Waals surface area contributed by atoms with Crippen molar-refractivity contribution in [1.82, 2.24) is 4.98 Å². The van der Waals surface area contributed by atoms with Crippen molar-refractivity contribution in [3.63, 3.8) is 0 Å². The Labute approximate surface area is 184 Å². The predicted molar refractivity (Wildman–Crippen MR) is 128 cm³/mol. The minimum Gasteiger partial charge on any atom is -0.490 e. The molecule has 5 heteroatoms. The summed E-state index contributed by atoms with van der Waals surface area (Å²) in [5, 5.41) is 1.05. The molecule has 1 fully saturated rings. The minimum absolute atomic E-state index is 0.301. The first-order valence-electron chi connectivity index (χ1n) is 11.0. The van der Waals surface area contributed by atoms with Gasteiger partial charge in [0.05, 0.1) is 27.8 Å². The molecule has 0 spiro atoms. The fraction of sp³-hybridized carbons (Fsp3) is 0.600. The fourth-order valence-corrected chi connectivity index (χ4v) is 4.54. The number of aromatic nitrogens is 1. The summed E-state index contributed by atoms with van der Waals surface area (Å²) in [7, 11) is -1.29. The molecule has 1 aromatic heterocycles. The number of hydrogen-bond donors (Lipinski definition) is 0. The zero-order chi connectivity index (χ0) is 22.1. The van der Waals surface area contributed by atoms with Crippen LogP contribution >= 0.6 is 0 Å². The van der Waals surface area contributed by atoms with Gasteiger partial charge in [0.25, 0.3) is 0 Å². The van der Waals surface area contributed by atoms with Gasteiger partial charge in [0.2, 0.25) is 0 Å².